The Morgan fingerprint density at radius 2 is 1.93 bits per heavy atom. The fourth-order valence-electron chi connectivity index (χ4n) is 0.885. The van der Waals surface area contributed by atoms with E-state index in [-0.39, 0.29) is 0 Å². The lowest BCUT2D eigenvalue weighted by atomic mass is 10.4. The zero-order chi connectivity index (χ0) is 10.9. The van der Waals surface area contributed by atoms with Gasteiger partial charge >= 0.3 is 0 Å². The zero-order valence-corrected chi connectivity index (χ0v) is 10.5. The van der Waals surface area contributed by atoms with Crippen molar-refractivity contribution < 1.29 is 8.42 Å². The molecule has 0 aromatic heterocycles. The van der Waals surface area contributed by atoms with Crippen molar-refractivity contribution in [2.24, 2.45) is 0 Å². The first kappa shape index (κ1) is 14.2. The Morgan fingerprint density at radius 1 is 1.21 bits per heavy atom. The molecule has 0 aromatic carbocycles. The molecule has 0 amide bonds. The summed E-state index contributed by atoms with van der Waals surface area (Å²) in [7, 11) is -3.01. The molecule has 4 nitrogen and oxygen atoms in total. The van der Waals surface area contributed by atoms with Gasteiger partial charge in [0.1, 0.15) is 0 Å². The molecular weight excluding hydrogens is 220 g/mol. The lowest BCUT2D eigenvalue weighted by molar-refractivity contribution is 0.581. The average Bonchev–Trinajstić information content (AvgIpc) is 2.08. The second-order valence-electron chi connectivity index (χ2n) is 2.97. The van der Waals surface area contributed by atoms with Gasteiger partial charge in [0.05, 0.1) is 6.26 Å². The van der Waals surface area contributed by atoms with Gasteiger partial charge in [-0.3, -0.25) is 0 Å². The van der Waals surface area contributed by atoms with Crippen molar-refractivity contribution in [3.63, 3.8) is 0 Å². The molecule has 14 heavy (non-hydrogen) atoms. The summed E-state index contributed by atoms with van der Waals surface area (Å²) in [6.07, 6.45) is 2.02. The third kappa shape index (κ3) is 12.2. The van der Waals surface area contributed by atoms with Crippen molar-refractivity contribution in [1.82, 2.24) is 10.0 Å². The van der Waals surface area contributed by atoms with Gasteiger partial charge in [-0.2, -0.15) is 11.8 Å². The molecule has 0 saturated carbocycles. The molecule has 2 N–H and O–H groups in total. The van der Waals surface area contributed by atoms with Crippen LogP contribution in [-0.4, -0.2) is 45.8 Å². The fourth-order valence-corrected chi connectivity index (χ4v) is 1.98. The van der Waals surface area contributed by atoms with E-state index in [0.717, 1.165) is 31.0 Å². The summed E-state index contributed by atoms with van der Waals surface area (Å²) >= 11 is 1.90. The summed E-state index contributed by atoms with van der Waals surface area (Å²) < 4.78 is 23.8. The van der Waals surface area contributed by atoms with Crippen LogP contribution in [0.1, 0.15) is 13.3 Å². The SMILES string of the molecule is CCSCCNCCCNS(C)(=O)=O. The van der Waals surface area contributed by atoms with E-state index in [1.165, 1.54) is 6.26 Å². The van der Waals surface area contributed by atoms with Crippen molar-refractivity contribution in [3.8, 4) is 0 Å². The lowest BCUT2D eigenvalue weighted by Crippen LogP contribution is -2.27. The maximum absolute atomic E-state index is 10.7. The van der Waals surface area contributed by atoms with Crippen LogP contribution in [-0.2, 0) is 10.0 Å². The molecule has 6 heteroatoms. The first-order valence-electron chi connectivity index (χ1n) is 4.79. The number of nitrogens with one attached hydrogen (secondary N) is 2. The number of rotatable bonds is 9. The minimum absolute atomic E-state index is 0.521. The minimum Gasteiger partial charge on any atom is -0.316 e. The van der Waals surface area contributed by atoms with E-state index in [2.05, 4.69) is 17.0 Å². The van der Waals surface area contributed by atoms with Crippen LogP contribution in [0.5, 0.6) is 0 Å². The van der Waals surface area contributed by atoms with Crippen LogP contribution in [0.15, 0.2) is 0 Å². The van der Waals surface area contributed by atoms with Crippen LogP contribution in [0.2, 0.25) is 0 Å². The molecule has 0 bridgehead atoms. The molecule has 0 aliphatic rings. The van der Waals surface area contributed by atoms with E-state index in [1.807, 2.05) is 11.8 Å². The Labute approximate surface area is 91.3 Å². The quantitative estimate of drug-likeness (QED) is 0.568. The largest absolute Gasteiger partial charge is 0.316 e. The molecule has 0 saturated heterocycles. The summed E-state index contributed by atoms with van der Waals surface area (Å²) in [6, 6.07) is 0. The molecule has 0 spiro atoms. The van der Waals surface area contributed by atoms with E-state index in [4.69, 9.17) is 0 Å². The molecule has 0 atom stereocenters. The van der Waals surface area contributed by atoms with Crippen LogP contribution < -0.4 is 10.0 Å². The molecule has 0 rings (SSSR count). The molecule has 0 heterocycles. The summed E-state index contributed by atoms with van der Waals surface area (Å²) in [4.78, 5) is 0. The van der Waals surface area contributed by atoms with Crippen molar-refractivity contribution >= 4 is 21.8 Å². The van der Waals surface area contributed by atoms with Gasteiger partial charge in [-0.25, -0.2) is 13.1 Å². The summed E-state index contributed by atoms with van der Waals surface area (Å²) in [6.45, 7) is 4.53. The molecular formula is C8H20N2O2S2. The third-order valence-corrected chi connectivity index (χ3v) is 3.15. The first-order valence-corrected chi connectivity index (χ1v) is 7.84. The van der Waals surface area contributed by atoms with Crippen LogP contribution >= 0.6 is 11.8 Å². The molecule has 86 valence electrons. The Hall–Kier alpha value is 0.220. The van der Waals surface area contributed by atoms with Crippen LogP contribution in [0.3, 0.4) is 0 Å². The number of hydrogen-bond donors (Lipinski definition) is 2. The van der Waals surface area contributed by atoms with Crippen molar-refractivity contribution in [1.29, 1.82) is 0 Å². The Morgan fingerprint density at radius 3 is 2.50 bits per heavy atom. The second kappa shape index (κ2) is 8.52. The highest BCUT2D eigenvalue weighted by Crippen LogP contribution is 1.94. The van der Waals surface area contributed by atoms with E-state index in [0.29, 0.717) is 6.54 Å². The highest BCUT2D eigenvalue weighted by Gasteiger charge is 1.97. The van der Waals surface area contributed by atoms with Gasteiger partial charge in [-0.05, 0) is 18.7 Å². The van der Waals surface area contributed by atoms with Gasteiger partial charge in [-0.1, -0.05) is 6.92 Å². The Kier molecular flexibility index (Phi) is 8.66. The van der Waals surface area contributed by atoms with Crippen molar-refractivity contribution in [2.75, 3.05) is 37.4 Å². The molecule has 0 fully saturated rings. The fraction of sp³-hybridized carbons (Fsp3) is 1.00. The third-order valence-electron chi connectivity index (χ3n) is 1.52. The van der Waals surface area contributed by atoms with Gasteiger partial charge in [0.25, 0.3) is 0 Å². The highest BCUT2D eigenvalue weighted by molar-refractivity contribution is 7.99. The van der Waals surface area contributed by atoms with Gasteiger partial charge in [0, 0.05) is 18.8 Å². The predicted octanol–water partition coefficient (Wildman–Crippen LogP) is 0.268. The second-order valence-corrected chi connectivity index (χ2v) is 6.19. The Bertz CT molecular complexity index is 217. The maximum Gasteiger partial charge on any atom is 0.208 e. The smallest absolute Gasteiger partial charge is 0.208 e. The van der Waals surface area contributed by atoms with Gasteiger partial charge in [0.2, 0.25) is 10.0 Å². The Balaban J connectivity index is 3.07. The number of sulfonamides is 1. The summed E-state index contributed by atoms with van der Waals surface area (Å²) in [5, 5.41) is 3.25. The molecule has 0 aliphatic heterocycles. The minimum atomic E-state index is -3.01. The van der Waals surface area contributed by atoms with Gasteiger partial charge in [0.15, 0.2) is 0 Å². The van der Waals surface area contributed by atoms with Gasteiger partial charge < -0.3 is 5.32 Å². The van der Waals surface area contributed by atoms with Crippen molar-refractivity contribution in [3.05, 3.63) is 0 Å². The van der Waals surface area contributed by atoms with Crippen LogP contribution in [0, 0.1) is 0 Å². The normalized spacial score (nSPS) is 11.9. The summed E-state index contributed by atoms with van der Waals surface area (Å²) in [5.41, 5.74) is 0. The van der Waals surface area contributed by atoms with E-state index in [1.54, 1.807) is 0 Å². The van der Waals surface area contributed by atoms with Crippen LogP contribution in [0.25, 0.3) is 0 Å². The molecule has 0 aromatic rings. The van der Waals surface area contributed by atoms with E-state index < -0.39 is 10.0 Å². The maximum atomic E-state index is 10.7. The monoisotopic (exact) mass is 240 g/mol. The van der Waals surface area contributed by atoms with E-state index in [9.17, 15) is 8.42 Å². The standard InChI is InChI=1S/C8H20N2O2S2/c1-3-13-8-7-9-5-4-6-10-14(2,11)12/h9-10H,3-8H2,1-2H3. The van der Waals surface area contributed by atoms with E-state index >= 15 is 0 Å². The number of thioether (sulfide) groups is 1. The van der Waals surface area contributed by atoms with Gasteiger partial charge in [-0.15, -0.1) is 0 Å². The first-order chi connectivity index (χ1) is 6.56. The molecule has 0 aliphatic carbocycles. The highest BCUT2D eigenvalue weighted by atomic mass is 32.2. The average molecular weight is 240 g/mol. The molecule has 0 radical (unpaired) electrons. The lowest BCUT2D eigenvalue weighted by Gasteiger charge is -2.04. The predicted molar refractivity (Wildman–Crippen MR) is 63.3 cm³/mol. The summed E-state index contributed by atoms with van der Waals surface area (Å²) in [5.74, 6) is 2.27. The number of hydrogen-bond acceptors (Lipinski definition) is 4. The molecule has 0 unspecified atom stereocenters. The van der Waals surface area contributed by atoms with Crippen LogP contribution in [0.4, 0.5) is 0 Å². The van der Waals surface area contributed by atoms with Crippen molar-refractivity contribution in [2.45, 2.75) is 13.3 Å². The zero-order valence-electron chi connectivity index (χ0n) is 8.88. The topological polar surface area (TPSA) is 58.2 Å².